The lowest BCUT2D eigenvalue weighted by Gasteiger charge is -2.08. The molecule has 14 heavy (non-hydrogen) atoms. The molecule has 1 aromatic rings. The maximum atomic E-state index is 12.2. The van der Waals surface area contributed by atoms with Crippen molar-refractivity contribution in [2.24, 2.45) is 0 Å². The van der Waals surface area contributed by atoms with Crippen LogP contribution in [0.25, 0.3) is 0 Å². The highest BCUT2D eigenvalue weighted by atomic mass is 19.4. The minimum Gasteiger partial charge on any atom is -0.444 e. The summed E-state index contributed by atoms with van der Waals surface area (Å²) in [4.78, 5) is 0. The molecule has 0 aliphatic carbocycles. The molecule has 0 aromatic heterocycles. The minimum atomic E-state index is -4.38. The van der Waals surface area contributed by atoms with E-state index in [0.717, 1.165) is 12.1 Å². The summed E-state index contributed by atoms with van der Waals surface area (Å²) in [6.07, 6.45) is -4.38. The van der Waals surface area contributed by atoms with Crippen molar-refractivity contribution < 1.29 is 17.9 Å². The van der Waals surface area contributed by atoms with E-state index in [1.807, 2.05) is 0 Å². The van der Waals surface area contributed by atoms with Crippen LogP contribution in [-0.2, 0) is 6.18 Å². The zero-order valence-corrected chi connectivity index (χ0v) is 7.35. The first-order valence-corrected chi connectivity index (χ1v) is 3.80. The van der Waals surface area contributed by atoms with Gasteiger partial charge in [0.25, 0.3) is 0 Å². The topological polar surface area (TPSA) is 33.1 Å². The second kappa shape index (κ2) is 3.69. The Morgan fingerprint density at radius 3 is 2.50 bits per heavy atom. The third kappa shape index (κ3) is 2.76. The van der Waals surface area contributed by atoms with E-state index in [4.69, 9.17) is 10.1 Å². The van der Waals surface area contributed by atoms with Gasteiger partial charge < -0.3 is 4.74 Å². The monoisotopic (exact) mass is 203 g/mol. The Morgan fingerprint density at radius 1 is 1.36 bits per heavy atom. The largest absolute Gasteiger partial charge is 0.444 e. The average molecular weight is 203 g/mol. The molecule has 0 spiro atoms. The highest BCUT2D eigenvalue weighted by Gasteiger charge is 2.30. The fourth-order valence-corrected chi connectivity index (χ4v) is 0.913. The van der Waals surface area contributed by atoms with Crippen molar-refractivity contribution in [2.45, 2.75) is 13.1 Å². The van der Waals surface area contributed by atoms with Gasteiger partial charge in [-0.15, -0.1) is 0 Å². The lowest BCUT2D eigenvalue weighted by Crippen LogP contribution is -2.06. The summed E-state index contributed by atoms with van der Waals surface area (Å²) >= 11 is 0. The van der Waals surface area contributed by atoms with Gasteiger partial charge in [-0.25, -0.2) is 0 Å². The molecule has 76 valence electrons. The molecule has 1 N–H and O–H groups in total. The van der Waals surface area contributed by atoms with E-state index in [0.29, 0.717) is 0 Å². The van der Waals surface area contributed by atoms with Gasteiger partial charge >= 0.3 is 6.18 Å². The SMILES string of the molecule is CC(=N)Oc1cccc(C(F)(F)F)c1. The van der Waals surface area contributed by atoms with Crippen LogP contribution in [0, 0.1) is 5.41 Å². The summed E-state index contributed by atoms with van der Waals surface area (Å²) in [6.45, 7) is 1.35. The van der Waals surface area contributed by atoms with E-state index in [-0.39, 0.29) is 11.6 Å². The fraction of sp³-hybridized carbons (Fsp3) is 0.222. The quantitative estimate of drug-likeness (QED) is 0.552. The van der Waals surface area contributed by atoms with Crippen molar-refractivity contribution in [3.63, 3.8) is 0 Å². The number of hydrogen-bond acceptors (Lipinski definition) is 2. The van der Waals surface area contributed by atoms with Gasteiger partial charge in [-0.2, -0.15) is 13.2 Å². The first kappa shape index (κ1) is 10.6. The van der Waals surface area contributed by atoms with Gasteiger partial charge in [-0.3, -0.25) is 5.41 Å². The zero-order valence-electron chi connectivity index (χ0n) is 7.35. The van der Waals surface area contributed by atoms with E-state index in [2.05, 4.69) is 0 Å². The highest BCUT2D eigenvalue weighted by molar-refractivity contribution is 5.72. The molecule has 5 heteroatoms. The molecule has 0 saturated heterocycles. The van der Waals surface area contributed by atoms with Crippen LogP contribution in [0.1, 0.15) is 12.5 Å². The maximum absolute atomic E-state index is 12.2. The number of rotatable bonds is 1. The molecule has 0 radical (unpaired) electrons. The van der Waals surface area contributed by atoms with Gasteiger partial charge in [0.15, 0.2) is 5.90 Å². The zero-order chi connectivity index (χ0) is 10.8. The Balaban J connectivity index is 2.95. The second-order valence-electron chi connectivity index (χ2n) is 2.68. The van der Waals surface area contributed by atoms with Crippen LogP contribution in [0.15, 0.2) is 24.3 Å². The van der Waals surface area contributed by atoms with E-state index in [9.17, 15) is 13.2 Å². The molecule has 0 heterocycles. The van der Waals surface area contributed by atoms with Gasteiger partial charge in [-0.05, 0) is 18.2 Å². The number of hydrogen-bond donors (Lipinski definition) is 1. The molecular weight excluding hydrogens is 195 g/mol. The summed E-state index contributed by atoms with van der Waals surface area (Å²) in [5.41, 5.74) is -0.781. The second-order valence-corrected chi connectivity index (χ2v) is 2.68. The maximum Gasteiger partial charge on any atom is 0.416 e. The smallest absolute Gasteiger partial charge is 0.416 e. The van der Waals surface area contributed by atoms with Crippen LogP contribution in [0.2, 0.25) is 0 Å². The molecular formula is C9H8F3NO. The highest BCUT2D eigenvalue weighted by Crippen LogP contribution is 2.31. The fourth-order valence-electron chi connectivity index (χ4n) is 0.913. The number of nitrogens with one attached hydrogen (secondary N) is 1. The van der Waals surface area contributed by atoms with Crippen molar-refractivity contribution in [1.29, 1.82) is 5.41 Å². The first-order chi connectivity index (χ1) is 6.39. The average Bonchev–Trinajstić information content (AvgIpc) is 2.01. The van der Waals surface area contributed by atoms with Crippen LogP contribution >= 0.6 is 0 Å². The molecule has 0 fully saturated rings. The molecule has 2 nitrogen and oxygen atoms in total. The normalized spacial score (nSPS) is 11.1. The van der Waals surface area contributed by atoms with Crippen molar-refractivity contribution in [3.05, 3.63) is 29.8 Å². The van der Waals surface area contributed by atoms with Crippen LogP contribution in [0.3, 0.4) is 0 Å². The summed E-state index contributed by atoms with van der Waals surface area (Å²) in [6, 6.07) is 4.42. The van der Waals surface area contributed by atoms with Gasteiger partial charge in [0.05, 0.1) is 5.56 Å². The van der Waals surface area contributed by atoms with Crippen LogP contribution in [-0.4, -0.2) is 5.90 Å². The van der Waals surface area contributed by atoms with Gasteiger partial charge in [0.2, 0.25) is 0 Å². The molecule has 0 aliphatic heterocycles. The lowest BCUT2D eigenvalue weighted by atomic mass is 10.2. The predicted molar refractivity (Wildman–Crippen MR) is 45.5 cm³/mol. The lowest BCUT2D eigenvalue weighted by molar-refractivity contribution is -0.137. The Bertz CT molecular complexity index is 346. The summed E-state index contributed by atoms with van der Waals surface area (Å²) in [7, 11) is 0. The van der Waals surface area contributed by atoms with E-state index < -0.39 is 11.7 Å². The van der Waals surface area contributed by atoms with Gasteiger partial charge in [0.1, 0.15) is 5.75 Å². The van der Waals surface area contributed by atoms with Crippen LogP contribution in [0.4, 0.5) is 13.2 Å². The number of alkyl halides is 3. The van der Waals surface area contributed by atoms with E-state index in [1.54, 1.807) is 0 Å². The molecule has 0 aliphatic rings. The molecule has 1 aromatic carbocycles. The van der Waals surface area contributed by atoms with Crippen molar-refractivity contribution in [2.75, 3.05) is 0 Å². The minimum absolute atomic E-state index is 0.0207. The standard InChI is InChI=1S/C9H8F3NO/c1-6(13)14-8-4-2-3-7(5-8)9(10,11)12/h2-5,13H,1H3. The molecule has 0 saturated carbocycles. The van der Waals surface area contributed by atoms with E-state index >= 15 is 0 Å². The number of halogens is 3. The number of benzene rings is 1. The van der Waals surface area contributed by atoms with Crippen molar-refractivity contribution >= 4 is 5.90 Å². The Kier molecular flexibility index (Phi) is 2.78. The third-order valence-corrected chi connectivity index (χ3v) is 1.43. The Hall–Kier alpha value is -1.52. The summed E-state index contributed by atoms with van der Waals surface area (Å²) in [5, 5.41) is 6.95. The van der Waals surface area contributed by atoms with Crippen molar-refractivity contribution in [3.8, 4) is 5.75 Å². The Morgan fingerprint density at radius 2 is 2.00 bits per heavy atom. The molecule has 0 atom stereocenters. The molecule has 0 bridgehead atoms. The van der Waals surface area contributed by atoms with E-state index in [1.165, 1.54) is 19.1 Å². The van der Waals surface area contributed by atoms with Gasteiger partial charge in [-0.1, -0.05) is 6.07 Å². The molecule has 1 rings (SSSR count). The predicted octanol–water partition coefficient (Wildman–Crippen LogP) is 3.08. The van der Waals surface area contributed by atoms with Crippen LogP contribution in [0.5, 0.6) is 5.75 Å². The van der Waals surface area contributed by atoms with Crippen LogP contribution < -0.4 is 4.74 Å². The Labute approximate surface area is 78.8 Å². The number of ether oxygens (including phenoxy) is 1. The first-order valence-electron chi connectivity index (χ1n) is 3.80. The van der Waals surface area contributed by atoms with Crippen molar-refractivity contribution in [1.82, 2.24) is 0 Å². The third-order valence-electron chi connectivity index (χ3n) is 1.43. The summed E-state index contributed by atoms with van der Waals surface area (Å²) < 4.78 is 41.3. The summed E-state index contributed by atoms with van der Waals surface area (Å²) in [5.74, 6) is -0.128. The molecule has 0 amide bonds. The van der Waals surface area contributed by atoms with Gasteiger partial charge in [0, 0.05) is 6.92 Å². The molecule has 0 unspecified atom stereocenters.